The predicted molar refractivity (Wildman–Crippen MR) is 123 cm³/mol. The Labute approximate surface area is 184 Å². The SMILES string of the molecule is CCC/C=C/CCCCCCCCCCCCCCOC[C@@H](O)[C@H]1OC[C@H](O)[C@H]1O. The Balaban J connectivity index is 1.75. The van der Waals surface area contributed by atoms with E-state index in [1.165, 1.54) is 83.5 Å². The van der Waals surface area contributed by atoms with Gasteiger partial charge in [-0.2, -0.15) is 0 Å². The molecular formula is C25H48O5. The normalized spacial score (nSPS) is 22.9. The van der Waals surface area contributed by atoms with Crippen LogP contribution in [0.15, 0.2) is 12.2 Å². The molecule has 178 valence electrons. The van der Waals surface area contributed by atoms with Gasteiger partial charge in [-0.1, -0.05) is 89.7 Å². The molecule has 1 fully saturated rings. The van der Waals surface area contributed by atoms with E-state index in [2.05, 4.69) is 19.1 Å². The zero-order chi connectivity index (χ0) is 21.9. The Morgan fingerprint density at radius 1 is 0.833 bits per heavy atom. The molecule has 0 aromatic heterocycles. The van der Waals surface area contributed by atoms with Crippen LogP contribution in [-0.2, 0) is 9.47 Å². The predicted octanol–water partition coefficient (Wildman–Crippen LogP) is 4.91. The lowest BCUT2D eigenvalue weighted by Gasteiger charge is -2.20. The Morgan fingerprint density at radius 3 is 1.90 bits per heavy atom. The molecule has 30 heavy (non-hydrogen) atoms. The first-order chi connectivity index (χ1) is 14.7. The van der Waals surface area contributed by atoms with Gasteiger partial charge in [0.2, 0.25) is 0 Å². The van der Waals surface area contributed by atoms with Crippen molar-refractivity contribution in [1.29, 1.82) is 0 Å². The average Bonchev–Trinajstić information content (AvgIpc) is 3.08. The minimum atomic E-state index is -1.03. The van der Waals surface area contributed by atoms with Crippen LogP contribution >= 0.6 is 0 Å². The summed E-state index contributed by atoms with van der Waals surface area (Å²) in [7, 11) is 0. The molecule has 0 saturated carbocycles. The summed E-state index contributed by atoms with van der Waals surface area (Å²) in [6.45, 7) is 3.06. The van der Waals surface area contributed by atoms with Gasteiger partial charge >= 0.3 is 0 Å². The quantitative estimate of drug-likeness (QED) is 0.190. The molecule has 1 heterocycles. The van der Waals surface area contributed by atoms with Crippen molar-refractivity contribution in [2.45, 2.75) is 128 Å². The van der Waals surface area contributed by atoms with Crippen molar-refractivity contribution in [2.24, 2.45) is 0 Å². The first-order valence-electron chi connectivity index (χ1n) is 12.5. The molecule has 0 amide bonds. The number of ether oxygens (including phenoxy) is 2. The Morgan fingerprint density at radius 2 is 1.37 bits per heavy atom. The van der Waals surface area contributed by atoms with Crippen LogP contribution in [0.2, 0.25) is 0 Å². The molecule has 3 N–H and O–H groups in total. The molecule has 1 saturated heterocycles. The first-order valence-corrected chi connectivity index (χ1v) is 12.5. The number of rotatable bonds is 20. The van der Waals surface area contributed by atoms with Crippen molar-refractivity contribution in [3.63, 3.8) is 0 Å². The number of allylic oxidation sites excluding steroid dienone is 2. The summed E-state index contributed by atoms with van der Waals surface area (Å²) in [5.74, 6) is 0. The second-order valence-corrected chi connectivity index (χ2v) is 8.79. The fourth-order valence-corrected chi connectivity index (χ4v) is 3.90. The van der Waals surface area contributed by atoms with Gasteiger partial charge in [-0.25, -0.2) is 0 Å². The fraction of sp³-hybridized carbons (Fsp3) is 0.920. The lowest BCUT2D eigenvalue weighted by molar-refractivity contribution is -0.0813. The van der Waals surface area contributed by atoms with E-state index >= 15 is 0 Å². The third kappa shape index (κ3) is 13.8. The molecule has 4 atom stereocenters. The number of aliphatic hydroxyl groups excluding tert-OH is 3. The van der Waals surface area contributed by atoms with Crippen molar-refractivity contribution in [3.8, 4) is 0 Å². The van der Waals surface area contributed by atoms with Gasteiger partial charge in [0.1, 0.15) is 24.4 Å². The lowest BCUT2D eigenvalue weighted by atomic mass is 10.0. The molecule has 0 aromatic carbocycles. The second kappa shape index (κ2) is 19.2. The van der Waals surface area contributed by atoms with Gasteiger partial charge in [-0.15, -0.1) is 0 Å². The maximum atomic E-state index is 9.96. The van der Waals surface area contributed by atoms with Gasteiger partial charge in [0.05, 0.1) is 13.2 Å². The fourth-order valence-electron chi connectivity index (χ4n) is 3.90. The molecule has 0 spiro atoms. The average molecular weight is 429 g/mol. The minimum absolute atomic E-state index is 0.0693. The van der Waals surface area contributed by atoms with Gasteiger partial charge in [0.15, 0.2) is 0 Å². The maximum Gasteiger partial charge on any atom is 0.114 e. The van der Waals surface area contributed by atoms with Crippen molar-refractivity contribution in [2.75, 3.05) is 19.8 Å². The van der Waals surface area contributed by atoms with Crippen LogP contribution in [0.3, 0.4) is 0 Å². The summed E-state index contributed by atoms with van der Waals surface area (Å²) < 4.78 is 10.7. The number of hydrogen-bond donors (Lipinski definition) is 3. The topological polar surface area (TPSA) is 79.2 Å². The molecule has 1 rings (SSSR count). The van der Waals surface area contributed by atoms with E-state index in [9.17, 15) is 15.3 Å². The highest BCUT2D eigenvalue weighted by Gasteiger charge is 2.39. The van der Waals surface area contributed by atoms with Gasteiger partial charge in [-0.05, 0) is 25.7 Å². The highest BCUT2D eigenvalue weighted by atomic mass is 16.5. The number of hydrogen-bond acceptors (Lipinski definition) is 5. The molecule has 1 aliphatic heterocycles. The monoisotopic (exact) mass is 428 g/mol. The van der Waals surface area contributed by atoms with Crippen LogP contribution in [0.5, 0.6) is 0 Å². The molecule has 1 aliphatic rings. The molecule has 5 nitrogen and oxygen atoms in total. The van der Waals surface area contributed by atoms with E-state index < -0.39 is 24.4 Å². The maximum absolute atomic E-state index is 9.96. The molecule has 0 aromatic rings. The zero-order valence-electron chi connectivity index (χ0n) is 19.4. The zero-order valence-corrected chi connectivity index (χ0v) is 19.4. The molecule has 0 bridgehead atoms. The van der Waals surface area contributed by atoms with Crippen LogP contribution in [0.4, 0.5) is 0 Å². The van der Waals surface area contributed by atoms with E-state index in [-0.39, 0.29) is 13.2 Å². The minimum Gasteiger partial charge on any atom is -0.388 e. The van der Waals surface area contributed by atoms with Crippen molar-refractivity contribution in [3.05, 3.63) is 12.2 Å². The van der Waals surface area contributed by atoms with E-state index in [1.54, 1.807) is 0 Å². The molecule has 5 heteroatoms. The van der Waals surface area contributed by atoms with Crippen LogP contribution < -0.4 is 0 Å². The van der Waals surface area contributed by atoms with Gasteiger partial charge < -0.3 is 24.8 Å². The summed E-state index contributed by atoms with van der Waals surface area (Å²) in [6.07, 6.45) is 20.5. The van der Waals surface area contributed by atoms with Gasteiger partial charge in [0, 0.05) is 6.61 Å². The summed E-state index contributed by atoms with van der Waals surface area (Å²) in [6, 6.07) is 0. The summed E-state index contributed by atoms with van der Waals surface area (Å²) >= 11 is 0. The number of unbranched alkanes of at least 4 members (excludes halogenated alkanes) is 13. The van der Waals surface area contributed by atoms with Crippen LogP contribution in [0.1, 0.15) is 103 Å². The lowest BCUT2D eigenvalue weighted by Crippen LogP contribution is -2.40. The van der Waals surface area contributed by atoms with E-state index in [4.69, 9.17) is 9.47 Å². The Hall–Kier alpha value is -0.460. The van der Waals surface area contributed by atoms with E-state index in [0.717, 1.165) is 12.8 Å². The number of aliphatic hydroxyl groups is 3. The summed E-state index contributed by atoms with van der Waals surface area (Å²) in [5.41, 5.74) is 0. The van der Waals surface area contributed by atoms with E-state index in [0.29, 0.717) is 6.61 Å². The van der Waals surface area contributed by atoms with Gasteiger partial charge in [-0.3, -0.25) is 0 Å². The van der Waals surface area contributed by atoms with Crippen molar-refractivity contribution >= 4 is 0 Å². The van der Waals surface area contributed by atoms with E-state index in [1.807, 2.05) is 0 Å². The molecule has 0 aliphatic carbocycles. The third-order valence-corrected chi connectivity index (χ3v) is 5.89. The smallest absolute Gasteiger partial charge is 0.114 e. The van der Waals surface area contributed by atoms with Crippen LogP contribution in [-0.4, -0.2) is 59.6 Å². The van der Waals surface area contributed by atoms with Crippen molar-refractivity contribution in [1.82, 2.24) is 0 Å². The highest BCUT2D eigenvalue weighted by Crippen LogP contribution is 2.18. The van der Waals surface area contributed by atoms with Crippen LogP contribution in [0, 0.1) is 0 Å². The Bertz CT molecular complexity index is 401. The van der Waals surface area contributed by atoms with Crippen molar-refractivity contribution < 1.29 is 24.8 Å². The van der Waals surface area contributed by atoms with Crippen LogP contribution in [0.25, 0.3) is 0 Å². The Kier molecular flexibility index (Phi) is 17.7. The standard InChI is InChI=1S/C25H48O5/c1-2-3-4-5-6-7-8-9-10-11-12-13-14-15-16-17-18-19-29-20-23(27)25-24(28)22(26)21-30-25/h4-5,22-28H,2-3,6-21H2,1H3/b5-4+/t22-,23+,24+,25+/m0/s1. The summed E-state index contributed by atoms with van der Waals surface area (Å²) in [5, 5.41) is 29.1. The summed E-state index contributed by atoms with van der Waals surface area (Å²) in [4.78, 5) is 0. The highest BCUT2D eigenvalue weighted by molar-refractivity contribution is 4.87. The molecule has 0 unspecified atom stereocenters. The molecule has 0 radical (unpaired) electrons. The largest absolute Gasteiger partial charge is 0.388 e. The second-order valence-electron chi connectivity index (χ2n) is 8.79. The third-order valence-electron chi connectivity index (χ3n) is 5.89. The molecular weight excluding hydrogens is 380 g/mol. The first kappa shape index (κ1) is 27.6. The van der Waals surface area contributed by atoms with Gasteiger partial charge in [0.25, 0.3) is 0 Å².